The largest absolute Gasteiger partial charge is 0.360 e. The van der Waals surface area contributed by atoms with Crippen LogP contribution in [0.15, 0.2) is 34.9 Å². The van der Waals surface area contributed by atoms with Crippen LogP contribution in [0.2, 0.25) is 10.0 Å². The summed E-state index contributed by atoms with van der Waals surface area (Å²) in [5.41, 5.74) is 1.50. The van der Waals surface area contributed by atoms with E-state index in [0.29, 0.717) is 39.1 Å². The van der Waals surface area contributed by atoms with Crippen molar-refractivity contribution in [1.82, 2.24) is 15.1 Å². The fourth-order valence-electron chi connectivity index (χ4n) is 2.00. The first kappa shape index (κ1) is 15.6. The van der Waals surface area contributed by atoms with E-state index >= 15 is 0 Å². The molecule has 0 aliphatic carbocycles. The SMILES string of the molecule is Cc1cc(Nc2cc(C)on2)nc(Nc2cc(Cl)cc(Cl)c2)n1. The minimum Gasteiger partial charge on any atom is -0.360 e. The Bertz CT molecular complexity index is 829. The molecule has 0 aliphatic heterocycles. The lowest BCUT2D eigenvalue weighted by atomic mass is 10.3. The fraction of sp³-hybridized carbons (Fsp3) is 0.133. The predicted octanol–water partition coefficient (Wildman–Crippen LogP) is 4.88. The van der Waals surface area contributed by atoms with Gasteiger partial charge in [0.2, 0.25) is 5.95 Å². The lowest BCUT2D eigenvalue weighted by Gasteiger charge is -2.09. The third-order valence-corrected chi connectivity index (χ3v) is 3.29. The molecule has 0 saturated carbocycles. The smallest absolute Gasteiger partial charge is 0.229 e. The second-order valence-corrected chi connectivity index (χ2v) is 5.82. The van der Waals surface area contributed by atoms with Crippen LogP contribution in [0.5, 0.6) is 0 Å². The molecule has 0 saturated heterocycles. The van der Waals surface area contributed by atoms with Gasteiger partial charge in [-0.05, 0) is 32.0 Å². The maximum atomic E-state index is 5.99. The Kier molecular flexibility index (Phi) is 4.36. The highest BCUT2D eigenvalue weighted by molar-refractivity contribution is 6.35. The Hall–Kier alpha value is -2.31. The van der Waals surface area contributed by atoms with Gasteiger partial charge in [-0.1, -0.05) is 28.4 Å². The lowest BCUT2D eigenvalue weighted by Crippen LogP contribution is -2.02. The van der Waals surface area contributed by atoms with E-state index in [1.165, 1.54) is 0 Å². The molecule has 2 N–H and O–H groups in total. The van der Waals surface area contributed by atoms with Crippen molar-refractivity contribution in [1.29, 1.82) is 0 Å². The molecule has 2 heterocycles. The number of aromatic nitrogens is 3. The molecule has 6 nitrogen and oxygen atoms in total. The summed E-state index contributed by atoms with van der Waals surface area (Å²) in [7, 11) is 0. The van der Waals surface area contributed by atoms with E-state index in [4.69, 9.17) is 27.7 Å². The quantitative estimate of drug-likeness (QED) is 0.699. The van der Waals surface area contributed by atoms with Gasteiger partial charge < -0.3 is 15.2 Å². The van der Waals surface area contributed by atoms with Crippen molar-refractivity contribution < 1.29 is 4.52 Å². The Balaban J connectivity index is 1.85. The molecule has 118 valence electrons. The average Bonchev–Trinajstić information content (AvgIpc) is 2.82. The monoisotopic (exact) mass is 349 g/mol. The lowest BCUT2D eigenvalue weighted by molar-refractivity contribution is 0.400. The van der Waals surface area contributed by atoms with E-state index in [2.05, 4.69) is 25.8 Å². The third kappa shape index (κ3) is 4.12. The number of hydrogen-bond acceptors (Lipinski definition) is 6. The van der Waals surface area contributed by atoms with Crippen LogP contribution in [-0.4, -0.2) is 15.1 Å². The first-order chi connectivity index (χ1) is 11.0. The van der Waals surface area contributed by atoms with Crippen LogP contribution >= 0.6 is 23.2 Å². The second-order valence-electron chi connectivity index (χ2n) is 4.95. The standard InChI is InChI=1S/C15H13Cl2N5O/c1-8-3-13(20-14-4-9(2)23-22-14)21-15(18-8)19-12-6-10(16)5-11(17)7-12/h3-7H,1-2H3,(H2,18,19,20,21,22). The first-order valence-corrected chi connectivity index (χ1v) is 7.53. The summed E-state index contributed by atoms with van der Waals surface area (Å²) in [4.78, 5) is 8.73. The van der Waals surface area contributed by atoms with Crippen molar-refractivity contribution in [3.63, 3.8) is 0 Å². The zero-order chi connectivity index (χ0) is 16.4. The summed E-state index contributed by atoms with van der Waals surface area (Å²) in [6.45, 7) is 3.69. The summed E-state index contributed by atoms with van der Waals surface area (Å²) in [6.07, 6.45) is 0. The number of anilines is 4. The highest BCUT2D eigenvalue weighted by atomic mass is 35.5. The zero-order valence-corrected chi connectivity index (χ0v) is 13.9. The molecular formula is C15H13Cl2N5O. The van der Waals surface area contributed by atoms with Crippen LogP contribution < -0.4 is 10.6 Å². The highest BCUT2D eigenvalue weighted by Gasteiger charge is 2.07. The first-order valence-electron chi connectivity index (χ1n) is 6.77. The van der Waals surface area contributed by atoms with Gasteiger partial charge in [0.15, 0.2) is 5.82 Å². The van der Waals surface area contributed by atoms with Crippen molar-refractivity contribution in [3.8, 4) is 0 Å². The van der Waals surface area contributed by atoms with Gasteiger partial charge in [0.1, 0.15) is 11.6 Å². The van der Waals surface area contributed by atoms with Crippen LogP contribution in [0.3, 0.4) is 0 Å². The maximum Gasteiger partial charge on any atom is 0.229 e. The second kappa shape index (κ2) is 6.44. The van der Waals surface area contributed by atoms with Gasteiger partial charge >= 0.3 is 0 Å². The van der Waals surface area contributed by atoms with E-state index in [9.17, 15) is 0 Å². The Morgan fingerprint density at radius 2 is 1.61 bits per heavy atom. The van der Waals surface area contributed by atoms with Gasteiger partial charge in [-0.25, -0.2) is 4.98 Å². The number of hydrogen-bond donors (Lipinski definition) is 2. The van der Waals surface area contributed by atoms with Gasteiger partial charge in [-0.15, -0.1) is 0 Å². The van der Waals surface area contributed by atoms with E-state index in [1.54, 1.807) is 30.3 Å². The zero-order valence-electron chi connectivity index (χ0n) is 12.4. The summed E-state index contributed by atoms with van der Waals surface area (Å²) in [5, 5.41) is 11.1. The van der Waals surface area contributed by atoms with Crippen molar-refractivity contribution in [2.45, 2.75) is 13.8 Å². The van der Waals surface area contributed by atoms with Gasteiger partial charge in [0, 0.05) is 33.6 Å². The molecule has 8 heteroatoms. The van der Waals surface area contributed by atoms with Crippen LogP contribution in [0.1, 0.15) is 11.5 Å². The Morgan fingerprint density at radius 3 is 2.26 bits per heavy atom. The van der Waals surface area contributed by atoms with Gasteiger partial charge in [-0.2, -0.15) is 4.98 Å². The van der Waals surface area contributed by atoms with Crippen LogP contribution in [0.25, 0.3) is 0 Å². The highest BCUT2D eigenvalue weighted by Crippen LogP contribution is 2.25. The Labute approximate surface area is 142 Å². The summed E-state index contributed by atoms with van der Waals surface area (Å²) >= 11 is 12.0. The number of halogens is 2. The normalized spacial score (nSPS) is 10.6. The molecule has 3 aromatic rings. The van der Waals surface area contributed by atoms with Crippen molar-refractivity contribution >= 4 is 46.5 Å². The fourth-order valence-corrected chi connectivity index (χ4v) is 2.53. The number of nitrogens with one attached hydrogen (secondary N) is 2. The average molecular weight is 350 g/mol. The third-order valence-electron chi connectivity index (χ3n) is 2.86. The Morgan fingerprint density at radius 1 is 0.870 bits per heavy atom. The van der Waals surface area contributed by atoms with Gasteiger partial charge in [0.25, 0.3) is 0 Å². The summed E-state index contributed by atoms with van der Waals surface area (Å²) < 4.78 is 5.02. The number of benzene rings is 1. The topological polar surface area (TPSA) is 75.9 Å². The van der Waals surface area contributed by atoms with Crippen molar-refractivity contribution in [2.24, 2.45) is 0 Å². The molecule has 0 fully saturated rings. The maximum absolute atomic E-state index is 5.99. The van der Waals surface area contributed by atoms with E-state index < -0.39 is 0 Å². The van der Waals surface area contributed by atoms with Crippen molar-refractivity contribution in [3.05, 3.63) is 51.8 Å². The van der Waals surface area contributed by atoms with Crippen LogP contribution in [0.4, 0.5) is 23.3 Å². The molecule has 0 amide bonds. The van der Waals surface area contributed by atoms with Crippen molar-refractivity contribution in [2.75, 3.05) is 10.6 Å². The van der Waals surface area contributed by atoms with E-state index in [-0.39, 0.29) is 0 Å². The summed E-state index contributed by atoms with van der Waals surface area (Å²) in [6, 6.07) is 8.73. The van der Waals surface area contributed by atoms with Gasteiger partial charge in [0.05, 0.1) is 0 Å². The van der Waals surface area contributed by atoms with Gasteiger partial charge in [-0.3, -0.25) is 0 Å². The van der Waals surface area contributed by atoms with E-state index in [0.717, 1.165) is 5.69 Å². The molecule has 23 heavy (non-hydrogen) atoms. The number of rotatable bonds is 4. The summed E-state index contributed by atoms with van der Waals surface area (Å²) in [5.74, 6) is 2.31. The predicted molar refractivity (Wildman–Crippen MR) is 91.0 cm³/mol. The minimum atomic E-state index is 0.422. The number of nitrogens with zero attached hydrogens (tertiary/aromatic N) is 3. The van der Waals surface area contributed by atoms with Crippen LogP contribution in [-0.2, 0) is 0 Å². The van der Waals surface area contributed by atoms with Crippen LogP contribution in [0, 0.1) is 13.8 Å². The molecule has 0 spiro atoms. The molecule has 0 radical (unpaired) electrons. The molecule has 1 aromatic carbocycles. The molecular weight excluding hydrogens is 337 g/mol. The molecule has 0 aliphatic rings. The molecule has 0 bridgehead atoms. The minimum absolute atomic E-state index is 0.422. The molecule has 3 rings (SSSR count). The number of aryl methyl sites for hydroxylation is 2. The molecule has 2 aromatic heterocycles. The van der Waals surface area contributed by atoms with E-state index in [1.807, 2.05) is 13.8 Å². The molecule has 0 unspecified atom stereocenters. The molecule has 0 atom stereocenters.